The third kappa shape index (κ3) is 11.0. The van der Waals surface area contributed by atoms with Crippen molar-refractivity contribution in [2.24, 2.45) is 0 Å². The van der Waals surface area contributed by atoms with E-state index < -0.39 is 78.0 Å². The smallest absolute Gasteiger partial charge is 0.326 e. The lowest BCUT2D eigenvalue weighted by atomic mass is 10.1. The Labute approximate surface area is 283 Å². The Morgan fingerprint density at radius 3 is 2.16 bits per heavy atom. The number of nitrogen functional groups attached to an aromatic ring is 1. The molecule has 3 amide bonds. The van der Waals surface area contributed by atoms with E-state index in [1.165, 1.54) is 12.1 Å². The second kappa shape index (κ2) is 17.4. The number of rotatable bonds is 19. The van der Waals surface area contributed by atoms with Crippen LogP contribution >= 0.6 is 0 Å². The predicted molar refractivity (Wildman–Crippen MR) is 176 cm³/mol. The van der Waals surface area contributed by atoms with Gasteiger partial charge in [0, 0.05) is 50.7 Å². The van der Waals surface area contributed by atoms with E-state index in [-0.39, 0.29) is 49.4 Å². The monoisotopic (exact) mass is 702 g/mol. The van der Waals surface area contributed by atoms with Crippen molar-refractivity contribution in [2.45, 2.75) is 70.0 Å². The first-order valence-corrected chi connectivity index (χ1v) is 15.5. The number of nitrogens with one attached hydrogen (secondary N) is 5. The number of aromatic nitrogens is 3. The molecule has 19 heteroatoms. The van der Waals surface area contributed by atoms with Crippen molar-refractivity contribution in [3.8, 4) is 0 Å². The van der Waals surface area contributed by atoms with Gasteiger partial charge in [-0.25, -0.2) is 14.0 Å². The van der Waals surface area contributed by atoms with Crippen molar-refractivity contribution < 1.29 is 48.5 Å². The van der Waals surface area contributed by atoms with E-state index in [4.69, 9.17) is 10.8 Å². The minimum absolute atomic E-state index is 0.0389. The summed E-state index contributed by atoms with van der Waals surface area (Å²) in [7, 11) is 1.61. The van der Waals surface area contributed by atoms with Crippen LogP contribution in [0.3, 0.4) is 0 Å². The van der Waals surface area contributed by atoms with Gasteiger partial charge in [0.2, 0.25) is 17.8 Å². The van der Waals surface area contributed by atoms with E-state index in [1.807, 2.05) is 0 Å². The molecule has 0 aliphatic rings. The SMILES string of the molecule is CC(CCC(=O)O)NC(=O)CC[C@H](NC(=O)CC[C@H](NC(=O)c1ccc(N(C)CCc2c[nH]c3nc(N)[nH]c(=O)c23)c(F)c1)C(=O)O)C(=O)O. The van der Waals surface area contributed by atoms with Crippen LogP contribution in [0.25, 0.3) is 11.0 Å². The number of halogens is 1. The Bertz CT molecular complexity index is 1810. The Hall–Kier alpha value is -6.01. The fourth-order valence-electron chi connectivity index (χ4n) is 5.02. The average molecular weight is 703 g/mol. The molecule has 0 aliphatic heterocycles. The van der Waals surface area contributed by atoms with E-state index in [1.54, 1.807) is 25.1 Å². The van der Waals surface area contributed by atoms with Crippen LogP contribution in [0, 0.1) is 5.82 Å². The summed E-state index contributed by atoms with van der Waals surface area (Å²) in [6.07, 6.45) is 0.450. The van der Waals surface area contributed by atoms with Crippen LogP contribution in [0.5, 0.6) is 0 Å². The van der Waals surface area contributed by atoms with Crippen LogP contribution < -0.4 is 32.1 Å². The van der Waals surface area contributed by atoms with Crippen molar-refractivity contribution in [3.63, 3.8) is 0 Å². The molecular formula is C31H39FN8O10. The van der Waals surface area contributed by atoms with Gasteiger partial charge in [-0.2, -0.15) is 4.98 Å². The number of carbonyl (C=O) groups excluding carboxylic acids is 3. The maximum Gasteiger partial charge on any atom is 0.326 e. The van der Waals surface area contributed by atoms with E-state index in [2.05, 4.69) is 30.9 Å². The minimum atomic E-state index is -1.58. The molecule has 1 aromatic carbocycles. The Morgan fingerprint density at radius 1 is 0.940 bits per heavy atom. The molecule has 3 atom stereocenters. The van der Waals surface area contributed by atoms with E-state index in [0.29, 0.717) is 23.0 Å². The number of H-pyrrole nitrogens is 2. The molecule has 0 spiro atoms. The maximum absolute atomic E-state index is 15.1. The number of carboxylic acids is 3. The van der Waals surface area contributed by atoms with E-state index in [0.717, 1.165) is 6.07 Å². The number of hydrogen-bond donors (Lipinski definition) is 9. The standard InChI is InChI=1S/C31H39FN8O10/c1-15(3-10-24(43)44)35-22(41)8-5-19(29(47)48)36-23(42)9-6-20(30(49)50)37-27(45)16-4-7-21(18(32)13-16)40(2)12-11-17-14-34-26-25(17)28(46)39-31(33)38-26/h4,7,13-15,19-20H,3,5-6,8-12H2,1-2H3,(H,35,41)(H,36,42)(H,37,45)(H,43,44)(H,47,48)(H,49,50)(H4,33,34,38,39,46)/t15?,19-,20-/m0/s1. The van der Waals surface area contributed by atoms with Gasteiger partial charge < -0.3 is 46.9 Å². The fraction of sp³-hybridized carbons (Fsp3) is 0.419. The topological polar surface area (TPSA) is 290 Å². The molecule has 18 nitrogen and oxygen atoms in total. The van der Waals surface area contributed by atoms with Crippen LogP contribution in [0.15, 0.2) is 29.2 Å². The number of carboxylic acid groups (broad SMARTS) is 3. The third-order valence-electron chi connectivity index (χ3n) is 7.74. The van der Waals surface area contributed by atoms with Crippen LogP contribution in [-0.2, 0) is 30.4 Å². The first-order chi connectivity index (χ1) is 23.5. The van der Waals surface area contributed by atoms with Crippen molar-refractivity contribution in [1.82, 2.24) is 30.9 Å². The van der Waals surface area contributed by atoms with Gasteiger partial charge in [-0.05, 0) is 56.4 Å². The molecule has 2 heterocycles. The van der Waals surface area contributed by atoms with Crippen molar-refractivity contribution >= 4 is 58.3 Å². The van der Waals surface area contributed by atoms with Gasteiger partial charge in [0.25, 0.3) is 11.5 Å². The largest absolute Gasteiger partial charge is 0.481 e. The van der Waals surface area contributed by atoms with Gasteiger partial charge in [0.05, 0.1) is 11.1 Å². The zero-order chi connectivity index (χ0) is 37.1. The fourth-order valence-corrected chi connectivity index (χ4v) is 5.02. The highest BCUT2D eigenvalue weighted by molar-refractivity contribution is 5.97. The van der Waals surface area contributed by atoms with Crippen molar-refractivity contribution in [3.05, 3.63) is 51.7 Å². The number of nitrogens with two attached hydrogens (primary N) is 1. The van der Waals surface area contributed by atoms with Crippen LogP contribution in [0.2, 0.25) is 0 Å². The second-order valence-electron chi connectivity index (χ2n) is 11.6. The number of likely N-dealkylation sites (N-methyl/N-ethyl adjacent to an activating group) is 1. The van der Waals surface area contributed by atoms with Gasteiger partial charge >= 0.3 is 17.9 Å². The van der Waals surface area contributed by atoms with Crippen LogP contribution in [0.1, 0.15) is 61.4 Å². The number of benzene rings is 1. The number of fused-ring (bicyclic) bond motifs is 1. The van der Waals surface area contributed by atoms with Crippen LogP contribution in [0.4, 0.5) is 16.0 Å². The Balaban J connectivity index is 1.52. The molecule has 50 heavy (non-hydrogen) atoms. The number of hydrogen-bond acceptors (Lipinski definition) is 10. The highest BCUT2D eigenvalue weighted by Crippen LogP contribution is 2.21. The lowest BCUT2D eigenvalue weighted by Crippen LogP contribution is -2.44. The quantitative estimate of drug-likeness (QED) is 0.0815. The Morgan fingerprint density at radius 2 is 1.56 bits per heavy atom. The number of carbonyl (C=O) groups is 6. The molecule has 270 valence electrons. The van der Waals surface area contributed by atoms with Gasteiger partial charge in [0.1, 0.15) is 23.5 Å². The second-order valence-corrected chi connectivity index (χ2v) is 11.6. The lowest BCUT2D eigenvalue weighted by Gasteiger charge is -2.20. The number of anilines is 2. The highest BCUT2D eigenvalue weighted by Gasteiger charge is 2.25. The van der Waals surface area contributed by atoms with E-state index in [9.17, 15) is 43.8 Å². The molecule has 2 aromatic heterocycles. The third-order valence-corrected chi connectivity index (χ3v) is 7.74. The molecule has 0 saturated heterocycles. The number of nitrogens with zero attached hydrogens (tertiary/aromatic N) is 2. The molecule has 0 saturated carbocycles. The Kier molecular flexibility index (Phi) is 13.4. The first kappa shape index (κ1) is 38.4. The minimum Gasteiger partial charge on any atom is -0.481 e. The zero-order valence-electron chi connectivity index (χ0n) is 27.2. The van der Waals surface area contributed by atoms with Gasteiger partial charge in [-0.3, -0.25) is 29.0 Å². The molecule has 10 N–H and O–H groups in total. The predicted octanol–water partition coefficient (Wildman–Crippen LogP) is 0.334. The van der Waals surface area contributed by atoms with Crippen LogP contribution in [-0.4, -0.2) is 97.6 Å². The van der Waals surface area contributed by atoms with Gasteiger partial charge in [0.15, 0.2) is 0 Å². The molecular weight excluding hydrogens is 663 g/mol. The summed E-state index contributed by atoms with van der Waals surface area (Å²) in [6, 6.07) is 0.0348. The number of aliphatic carboxylic acids is 3. The van der Waals surface area contributed by atoms with Crippen molar-refractivity contribution in [2.75, 3.05) is 24.2 Å². The normalized spacial score (nSPS) is 12.8. The number of aromatic amines is 2. The maximum atomic E-state index is 15.1. The molecule has 0 fully saturated rings. The average Bonchev–Trinajstić information content (AvgIpc) is 3.45. The molecule has 3 rings (SSSR count). The lowest BCUT2D eigenvalue weighted by molar-refractivity contribution is -0.143. The molecule has 0 bridgehead atoms. The first-order valence-electron chi connectivity index (χ1n) is 15.5. The zero-order valence-corrected chi connectivity index (χ0v) is 27.2. The summed E-state index contributed by atoms with van der Waals surface area (Å²) in [5.41, 5.74) is 6.03. The molecule has 3 aromatic rings. The van der Waals surface area contributed by atoms with E-state index >= 15 is 4.39 Å². The molecule has 1 unspecified atom stereocenters. The number of amides is 3. The van der Waals surface area contributed by atoms with Crippen molar-refractivity contribution in [1.29, 1.82) is 0 Å². The summed E-state index contributed by atoms with van der Waals surface area (Å²) in [5, 5.41) is 35.1. The van der Waals surface area contributed by atoms with Gasteiger partial charge in [-0.1, -0.05) is 0 Å². The summed E-state index contributed by atoms with van der Waals surface area (Å²) in [6.45, 7) is 1.86. The highest BCUT2D eigenvalue weighted by atomic mass is 19.1. The summed E-state index contributed by atoms with van der Waals surface area (Å²) >= 11 is 0. The molecule has 0 aliphatic carbocycles. The molecule has 0 radical (unpaired) electrons. The van der Waals surface area contributed by atoms with Gasteiger partial charge in [-0.15, -0.1) is 0 Å². The summed E-state index contributed by atoms with van der Waals surface area (Å²) < 4.78 is 15.1. The summed E-state index contributed by atoms with van der Waals surface area (Å²) in [5.74, 6) is -7.07. The summed E-state index contributed by atoms with van der Waals surface area (Å²) in [4.78, 5) is 94.7.